The number of ether oxygens (including phenoxy) is 3. The fourth-order valence-corrected chi connectivity index (χ4v) is 21.3. The molecule has 15 nitrogen and oxygen atoms in total. The van der Waals surface area contributed by atoms with Crippen molar-refractivity contribution in [3.05, 3.63) is 0 Å². The first-order chi connectivity index (χ1) is 66.1. The summed E-state index contributed by atoms with van der Waals surface area (Å²) in [5.41, 5.74) is -1.61. The van der Waals surface area contributed by atoms with E-state index in [0.29, 0.717) is 84.4 Å². The maximum atomic E-state index is 14.6. The molecule has 1 aliphatic heterocycles. The molecule has 1 aliphatic rings. The summed E-state index contributed by atoms with van der Waals surface area (Å²) < 4.78 is 19.4. The number of carbonyl (C=O) groups is 5. The second-order valence-electron chi connectivity index (χ2n) is 43.4. The van der Waals surface area contributed by atoms with Crippen molar-refractivity contribution >= 4 is 29.8 Å². The van der Waals surface area contributed by atoms with Crippen LogP contribution in [0, 0.1) is 28.6 Å². The quantitative estimate of drug-likeness (QED) is 0.0335. The molecule has 0 spiro atoms. The molecule has 0 aromatic carbocycles. The second-order valence-corrected chi connectivity index (χ2v) is 43.4. The lowest BCUT2D eigenvalue weighted by Gasteiger charge is -2.38. The summed E-state index contributed by atoms with van der Waals surface area (Å²) in [5.74, 6) is -1.64. The fourth-order valence-electron chi connectivity index (χ4n) is 21.3. The number of carbonyl (C=O) groups excluding carboxylic acids is 3. The average molecular weight is 1910 g/mol. The average Bonchev–Trinajstić information content (AvgIpc) is 0.829. The van der Waals surface area contributed by atoms with Gasteiger partial charge < -0.3 is 29.3 Å². The molecular formula is C120H235N5O10. The van der Waals surface area contributed by atoms with Crippen LogP contribution in [-0.4, -0.2) is 183 Å². The van der Waals surface area contributed by atoms with Crippen LogP contribution in [0.1, 0.15) is 596 Å². The van der Waals surface area contributed by atoms with Crippen molar-refractivity contribution in [2.45, 2.75) is 596 Å². The Balaban J connectivity index is 3.99. The Morgan fingerprint density at radius 3 is 0.563 bits per heavy atom. The molecule has 5 unspecified atom stereocenters. The van der Waals surface area contributed by atoms with E-state index in [4.69, 9.17) is 14.2 Å². The minimum atomic E-state index is -0.804. The van der Waals surface area contributed by atoms with Crippen molar-refractivity contribution in [1.82, 2.24) is 24.5 Å². The van der Waals surface area contributed by atoms with E-state index in [1.165, 1.54) is 327 Å². The third-order valence-corrected chi connectivity index (χ3v) is 31.3. The van der Waals surface area contributed by atoms with Crippen LogP contribution in [0.5, 0.6) is 0 Å². The van der Waals surface area contributed by atoms with Gasteiger partial charge in [-0.15, -0.1) is 0 Å². The van der Waals surface area contributed by atoms with Crippen molar-refractivity contribution in [3.63, 3.8) is 0 Å². The highest BCUT2D eigenvalue weighted by Crippen LogP contribution is 2.40. The lowest BCUT2D eigenvalue weighted by Crippen LogP contribution is -2.51. The molecule has 15 heteroatoms. The highest BCUT2D eigenvalue weighted by Gasteiger charge is 2.41. The number of aliphatic carboxylic acids is 2. The summed E-state index contributed by atoms with van der Waals surface area (Å²) in [6, 6.07) is 0. The Kier molecular flexibility index (Phi) is 93.8. The third-order valence-electron chi connectivity index (χ3n) is 31.3. The van der Waals surface area contributed by atoms with Crippen molar-refractivity contribution in [3.8, 4) is 0 Å². The molecular weight excluding hydrogens is 1670 g/mol. The van der Waals surface area contributed by atoms with Crippen LogP contribution in [0.25, 0.3) is 0 Å². The molecule has 1 fully saturated rings. The molecule has 0 amide bonds. The lowest BCUT2D eigenvalue weighted by atomic mass is 9.74. The topological polar surface area (TPSA) is 170 Å². The number of piperazine rings is 1. The van der Waals surface area contributed by atoms with Gasteiger partial charge in [-0.2, -0.15) is 0 Å². The van der Waals surface area contributed by atoms with Crippen LogP contribution in [-0.2, 0) is 38.2 Å². The van der Waals surface area contributed by atoms with Crippen LogP contribution < -0.4 is 0 Å². The Bertz CT molecular complexity index is 2440. The maximum Gasteiger partial charge on any atom is 0.309 e. The van der Waals surface area contributed by atoms with Crippen LogP contribution in [0.15, 0.2) is 0 Å². The van der Waals surface area contributed by atoms with E-state index in [9.17, 15) is 34.2 Å². The molecule has 1 rings (SSSR count). The minimum Gasteiger partial charge on any atom is -0.481 e. The zero-order valence-electron chi connectivity index (χ0n) is 92.3. The summed E-state index contributed by atoms with van der Waals surface area (Å²) in [6.07, 6.45) is 93.2. The van der Waals surface area contributed by atoms with Gasteiger partial charge in [0.2, 0.25) is 0 Å². The predicted octanol–water partition coefficient (Wildman–Crippen LogP) is 34.3. The molecule has 135 heavy (non-hydrogen) atoms. The van der Waals surface area contributed by atoms with E-state index in [-0.39, 0.29) is 48.9 Å². The van der Waals surface area contributed by atoms with Crippen molar-refractivity contribution in [2.75, 3.05) is 118 Å². The van der Waals surface area contributed by atoms with Crippen LogP contribution in [0.3, 0.4) is 0 Å². The Morgan fingerprint density at radius 1 is 0.215 bits per heavy atom. The Labute approximate surface area is 840 Å². The lowest BCUT2D eigenvalue weighted by molar-refractivity contribution is -0.152. The molecule has 0 bridgehead atoms. The van der Waals surface area contributed by atoms with E-state index in [0.717, 1.165) is 219 Å². The number of carboxylic acid groups (broad SMARTS) is 2. The molecule has 0 aliphatic carbocycles. The number of carboxylic acids is 2. The van der Waals surface area contributed by atoms with E-state index in [1.54, 1.807) is 0 Å². The first kappa shape index (κ1) is 130. The zero-order chi connectivity index (χ0) is 98.3. The molecule has 5 atom stereocenters. The van der Waals surface area contributed by atoms with Gasteiger partial charge >= 0.3 is 29.8 Å². The third kappa shape index (κ3) is 75.6. The van der Waals surface area contributed by atoms with Gasteiger partial charge in [-0.1, -0.05) is 519 Å². The van der Waals surface area contributed by atoms with Crippen molar-refractivity contribution < 1.29 is 48.4 Å². The molecule has 2 N–H and O–H groups in total. The van der Waals surface area contributed by atoms with E-state index in [1.807, 2.05) is 0 Å². The highest BCUT2D eigenvalue weighted by molar-refractivity contribution is 5.75. The zero-order valence-corrected chi connectivity index (χ0v) is 92.3. The van der Waals surface area contributed by atoms with Crippen LogP contribution >= 0.6 is 0 Å². The first-order valence-electron chi connectivity index (χ1n) is 60.7. The van der Waals surface area contributed by atoms with Gasteiger partial charge in [0.25, 0.3) is 0 Å². The summed E-state index contributed by atoms with van der Waals surface area (Å²) in [4.78, 5) is 84.6. The van der Waals surface area contributed by atoms with E-state index < -0.39 is 22.8 Å². The molecule has 0 aromatic heterocycles. The fraction of sp³-hybridized carbons (Fsp3) is 0.958. The summed E-state index contributed by atoms with van der Waals surface area (Å²) >= 11 is 0. The van der Waals surface area contributed by atoms with Crippen LogP contribution in [0.2, 0.25) is 0 Å². The van der Waals surface area contributed by atoms with E-state index in [2.05, 4.69) is 93.7 Å². The molecule has 1 heterocycles. The molecule has 0 aromatic rings. The van der Waals surface area contributed by atoms with Gasteiger partial charge in [0, 0.05) is 85.1 Å². The van der Waals surface area contributed by atoms with Crippen LogP contribution in [0.4, 0.5) is 0 Å². The van der Waals surface area contributed by atoms with Gasteiger partial charge in [-0.25, -0.2) is 0 Å². The monoisotopic (exact) mass is 1910 g/mol. The van der Waals surface area contributed by atoms with Gasteiger partial charge in [0.1, 0.15) is 19.8 Å². The molecule has 0 radical (unpaired) electrons. The number of esters is 3. The number of nitrogens with zero attached hydrogens (tertiary/aromatic N) is 5. The predicted molar refractivity (Wildman–Crippen MR) is 581 cm³/mol. The largest absolute Gasteiger partial charge is 0.481 e. The van der Waals surface area contributed by atoms with Gasteiger partial charge in [-0.05, 0) is 90.1 Å². The first-order valence-corrected chi connectivity index (χ1v) is 60.7. The summed E-state index contributed by atoms with van der Waals surface area (Å²) in [7, 11) is 0. The van der Waals surface area contributed by atoms with Gasteiger partial charge in [0.15, 0.2) is 0 Å². The van der Waals surface area contributed by atoms with E-state index >= 15 is 0 Å². The molecule has 800 valence electrons. The number of unbranched alkanes of at least 4 members (excludes halogenated alkanes) is 60. The van der Waals surface area contributed by atoms with Crippen molar-refractivity contribution in [2.24, 2.45) is 28.6 Å². The molecule has 1 saturated heterocycles. The summed E-state index contributed by atoms with van der Waals surface area (Å²) in [6.45, 7) is 35.1. The highest BCUT2D eigenvalue weighted by atomic mass is 16.5. The second kappa shape index (κ2) is 97.2. The number of hydrogen-bond acceptors (Lipinski definition) is 13. The van der Waals surface area contributed by atoms with Crippen molar-refractivity contribution in [1.29, 1.82) is 0 Å². The van der Waals surface area contributed by atoms with Gasteiger partial charge in [0.05, 0.1) is 28.6 Å². The normalized spacial score (nSPS) is 14.4. The maximum absolute atomic E-state index is 14.6. The summed E-state index contributed by atoms with van der Waals surface area (Å²) in [5, 5.41) is 23.2. The minimum absolute atomic E-state index is 0.0258. The SMILES string of the molecule is CCCCCCCCCCC(CCCCCCCC)C(=O)OCCN(CCOC(=O)C(CCCCCCCC)CCCCCCCCCC)CCN(CCOC(=O)C(CCCCCCCC)CCCCCCCCCC)CCN1CCN(CCN(CCC(CCCCCCCC)(CCCCCCCCCC)C(=O)O)CCC(CCCCCCCC)(CCCCCCCCCC)C(=O)O)CC1. The standard InChI is InChI=1S/C120H235N5O10/c1-11-21-31-41-51-56-64-74-84-111(81-71-61-46-36-26-16-6)114(126)133-108-105-124(103-104-125(106-109-134-115(127)112(82-72-62-47-37-27-17-7)85-75-65-57-52-42-32-22-12-2)107-110-135-116(128)113(83-73-63-48-38-28-18-8)86-76-66-58-53-43-33-23-13-3)102-101-123-99-97-122(98-100-123)96-95-121(93-91-119(117(129)130,87-77-67-49-39-29-19-9)89-79-69-59-54-44-34-24-14-4)94-92-120(118(131)132,88-78-68-50-40-30-20-10)90-80-70-60-55-45-35-25-15-5/h111-113H,11-110H2,1-10H3,(H,129,130)(H,131,132). The Morgan fingerprint density at radius 2 is 0.378 bits per heavy atom. The Hall–Kier alpha value is -2.85. The number of rotatable bonds is 109. The number of hydrogen-bond donors (Lipinski definition) is 2. The smallest absolute Gasteiger partial charge is 0.309 e. The van der Waals surface area contributed by atoms with Gasteiger partial charge in [-0.3, -0.25) is 43.6 Å². The molecule has 0 saturated carbocycles.